The molecule has 0 aliphatic carbocycles. The lowest BCUT2D eigenvalue weighted by atomic mass is 9.95. The van der Waals surface area contributed by atoms with Gasteiger partial charge in [-0.15, -0.1) is 0 Å². The zero-order valence-corrected chi connectivity index (χ0v) is 13.1. The third-order valence-corrected chi connectivity index (χ3v) is 4.54. The number of hydrogen-bond donors (Lipinski definition) is 0. The van der Waals surface area contributed by atoms with Crippen molar-refractivity contribution < 1.29 is 0 Å². The molecule has 2 heterocycles. The second kappa shape index (κ2) is 8.92. The van der Waals surface area contributed by atoms with Crippen molar-refractivity contribution in [3.05, 3.63) is 0 Å². The Bertz CT molecular complexity index is 189. The largest absolute Gasteiger partial charge is 0.306 e. The lowest BCUT2D eigenvalue weighted by molar-refractivity contribution is 0.185. The highest BCUT2D eigenvalue weighted by molar-refractivity contribution is 4.68. The first kappa shape index (κ1) is 16.0. The number of piperidine rings is 2. The van der Waals surface area contributed by atoms with Gasteiger partial charge in [0, 0.05) is 6.04 Å². The van der Waals surface area contributed by atoms with E-state index in [0.717, 1.165) is 12.0 Å². The van der Waals surface area contributed by atoms with Gasteiger partial charge in [-0.1, -0.05) is 19.8 Å². The molecule has 2 aliphatic heterocycles. The van der Waals surface area contributed by atoms with Crippen LogP contribution in [0.3, 0.4) is 0 Å². The van der Waals surface area contributed by atoms with Crippen LogP contribution in [0.25, 0.3) is 0 Å². The van der Waals surface area contributed by atoms with Crippen LogP contribution in [-0.2, 0) is 0 Å². The van der Waals surface area contributed by atoms with E-state index < -0.39 is 0 Å². The monoisotopic (exact) mass is 254 g/mol. The molecule has 0 unspecified atom stereocenters. The second-order valence-electron chi connectivity index (χ2n) is 6.35. The molecule has 0 aromatic heterocycles. The van der Waals surface area contributed by atoms with Crippen LogP contribution >= 0.6 is 0 Å². The van der Waals surface area contributed by atoms with Crippen molar-refractivity contribution in [2.75, 3.05) is 33.2 Å². The minimum Gasteiger partial charge on any atom is -0.306 e. The van der Waals surface area contributed by atoms with Gasteiger partial charge in [-0.2, -0.15) is 0 Å². The van der Waals surface area contributed by atoms with E-state index in [1.54, 1.807) is 0 Å². The minimum absolute atomic E-state index is 0.769. The number of hydrogen-bond acceptors (Lipinski definition) is 2. The smallest absolute Gasteiger partial charge is 0.00385 e. The molecule has 2 aliphatic rings. The van der Waals surface area contributed by atoms with Crippen LogP contribution in [0.15, 0.2) is 0 Å². The number of rotatable bonds is 2. The van der Waals surface area contributed by atoms with Crippen LogP contribution in [0.1, 0.15) is 59.3 Å². The Morgan fingerprint density at radius 1 is 0.944 bits per heavy atom. The van der Waals surface area contributed by atoms with E-state index in [2.05, 4.69) is 37.6 Å². The van der Waals surface area contributed by atoms with Gasteiger partial charge in [-0.25, -0.2) is 0 Å². The quantitative estimate of drug-likeness (QED) is 0.742. The van der Waals surface area contributed by atoms with Gasteiger partial charge in [0.2, 0.25) is 0 Å². The summed E-state index contributed by atoms with van der Waals surface area (Å²) in [7, 11) is 2.21. The minimum atomic E-state index is 0.769. The van der Waals surface area contributed by atoms with Crippen molar-refractivity contribution in [3.63, 3.8) is 0 Å². The highest BCUT2D eigenvalue weighted by Gasteiger charge is 2.13. The first-order chi connectivity index (χ1) is 8.63. The van der Waals surface area contributed by atoms with E-state index in [-0.39, 0.29) is 0 Å². The number of nitrogens with zero attached hydrogens (tertiary/aromatic N) is 2. The molecule has 2 saturated heterocycles. The first-order valence-electron chi connectivity index (χ1n) is 8.06. The molecule has 2 nitrogen and oxygen atoms in total. The van der Waals surface area contributed by atoms with E-state index in [1.165, 1.54) is 64.7 Å². The Morgan fingerprint density at radius 2 is 1.50 bits per heavy atom. The van der Waals surface area contributed by atoms with Crippen molar-refractivity contribution >= 4 is 0 Å². The average Bonchev–Trinajstić information content (AvgIpc) is 2.41. The van der Waals surface area contributed by atoms with Crippen LogP contribution < -0.4 is 0 Å². The molecule has 108 valence electrons. The van der Waals surface area contributed by atoms with Gasteiger partial charge in [0.05, 0.1) is 0 Å². The predicted octanol–water partition coefficient (Wildman–Crippen LogP) is 3.62. The summed E-state index contributed by atoms with van der Waals surface area (Å²) in [4.78, 5) is 4.98. The maximum absolute atomic E-state index is 2.56. The van der Waals surface area contributed by atoms with E-state index >= 15 is 0 Å². The van der Waals surface area contributed by atoms with Crippen molar-refractivity contribution in [2.24, 2.45) is 5.92 Å². The lowest BCUT2D eigenvalue weighted by Gasteiger charge is -2.29. The third-order valence-electron chi connectivity index (χ3n) is 4.54. The van der Waals surface area contributed by atoms with Crippen LogP contribution in [0, 0.1) is 5.92 Å². The van der Waals surface area contributed by atoms with Gasteiger partial charge < -0.3 is 9.80 Å². The van der Waals surface area contributed by atoms with Gasteiger partial charge in [0.25, 0.3) is 0 Å². The summed E-state index contributed by atoms with van der Waals surface area (Å²) in [6.07, 6.45) is 8.51. The zero-order chi connectivity index (χ0) is 13.4. The fourth-order valence-corrected chi connectivity index (χ4v) is 2.91. The fraction of sp³-hybridized carbons (Fsp3) is 1.00. The van der Waals surface area contributed by atoms with Crippen LogP contribution in [-0.4, -0.2) is 49.1 Å². The molecular weight excluding hydrogens is 220 g/mol. The third kappa shape index (κ3) is 6.19. The molecule has 0 aromatic carbocycles. The van der Waals surface area contributed by atoms with Crippen LogP contribution in [0.5, 0.6) is 0 Å². The summed E-state index contributed by atoms with van der Waals surface area (Å²) in [6.45, 7) is 12.2. The molecule has 0 bridgehead atoms. The Kier molecular flexibility index (Phi) is 7.92. The Morgan fingerprint density at radius 3 is 1.89 bits per heavy atom. The lowest BCUT2D eigenvalue weighted by Crippen LogP contribution is -2.35. The summed E-state index contributed by atoms with van der Waals surface area (Å²) in [5.41, 5.74) is 0. The van der Waals surface area contributed by atoms with E-state index in [9.17, 15) is 0 Å². The molecule has 2 rings (SSSR count). The van der Waals surface area contributed by atoms with Crippen molar-refractivity contribution in [3.8, 4) is 0 Å². The van der Waals surface area contributed by atoms with Gasteiger partial charge in [-0.05, 0) is 78.7 Å². The fourth-order valence-electron chi connectivity index (χ4n) is 2.91. The molecular formula is C16H34N2. The van der Waals surface area contributed by atoms with Gasteiger partial charge in [-0.3, -0.25) is 0 Å². The Hall–Kier alpha value is -0.0800. The molecule has 2 heteroatoms. The van der Waals surface area contributed by atoms with E-state index in [1.807, 2.05) is 0 Å². The normalized spacial score (nSPS) is 23.8. The molecule has 0 saturated carbocycles. The topological polar surface area (TPSA) is 6.48 Å². The summed E-state index contributed by atoms with van der Waals surface area (Å²) in [5.74, 6) is 1.03. The summed E-state index contributed by atoms with van der Waals surface area (Å²) < 4.78 is 0. The van der Waals surface area contributed by atoms with Crippen molar-refractivity contribution in [1.29, 1.82) is 0 Å². The predicted molar refractivity (Wildman–Crippen MR) is 81.1 cm³/mol. The molecule has 2 fully saturated rings. The molecule has 0 aromatic rings. The standard InChI is InChI=1S/2C8H17N/c1-8(2)9-6-4-3-5-7-9;1-3-8-4-6-9(2)7-5-8/h2*8H,3-7H2,1-2H3. The zero-order valence-electron chi connectivity index (χ0n) is 13.1. The maximum Gasteiger partial charge on any atom is 0.00385 e. The summed E-state index contributed by atoms with van der Waals surface area (Å²) in [6, 6.07) is 0.769. The van der Waals surface area contributed by atoms with Crippen LogP contribution in [0.2, 0.25) is 0 Å². The van der Waals surface area contributed by atoms with Crippen molar-refractivity contribution in [2.45, 2.75) is 65.3 Å². The first-order valence-corrected chi connectivity index (χ1v) is 8.06. The van der Waals surface area contributed by atoms with Gasteiger partial charge in [0.15, 0.2) is 0 Å². The summed E-state index contributed by atoms with van der Waals surface area (Å²) in [5, 5.41) is 0. The molecule has 0 N–H and O–H groups in total. The number of likely N-dealkylation sites (tertiary alicyclic amines) is 2. The van der Waals surface area contributed by atoms with Crippen molar-refractivity contribution in [1.82, 2.24) is 9.80 Å². The SMILES string of the molecule is CC(C)N1CCCCC1.CCC1CCN(C)CC1. The molecule has 0 radical (unpaired) electrons. The summed E-state index contributed by atoms with van der Waals surface area (Å²) >= 11 is 0. The Balaban J connectivity index is 0.000000180. The molecule has 0 amide bonds. The van der Waals surface area contributed by atoms with E-state index in [4.69, 9.17) is 0 Å². The Labute approximate surface area is 115 Å². The molecule has 0 spiro atoms. The maximum atomic E-state index is 2.56. The van der Waals surface area contributed by atoms with Crippen LogP contribution in [0.4, 0.5) is 0 Å². The van der Waals surface area contributed by atoms with Gasteiger partial charge >= 0.3 is 0 Å². The van der Waals surface area contributed by atoms with Gasteiger partial charge in [0.1, 0.15) is 0 Å². The molecule has 18 heavy (non-hydrogen) atoms. The highest BCUT2D eigenvalue weighted by Crippen LogP contribution is 2.18. The second-order valence-corrected chi connectivity index (χ2v) is 6.35. The molecule has 0 atom stereocenters. The average molecular weight is 254 g/mol. The van der Waals surface area contributed by atoms with E-state index in [0.29, 0.717) is 0 Å². The highest BCUT2D eigenvalue weighted by atomic mass is 15.1.